The largest absolute Gasteiger partial charge is 0.460 e. The number of aromatic nitrogens is 7. The first-order valence-corrected chi connectivity index (χ1v) is 9.35. The third-order valence-electron chi connectivity index (χ3n) is 4.04. The van der Waals surface area contributed by atoms with E-state index in [0.717, 1.165) is 0 Å². The van der Waals surface area contributed by atoms with Crippen molar-refractivity contribution in [2.75, 3.05) is 13.2 Å². The van der Waals surface area contributed by atoms with Crippen LogP contribution in [0.1, 0.15) is 35.2 Å². The van der Waals surface area contributed by atoms with E-state index in [1.807, 2.05) is 0 Å². The molecule has 14 heteroatoms. The van der Waals surface area contributed by atoms with Gasteiger partial charge in [0.2, 0.25) is 5.82 Å². The molecule has 4 rings (SSSR count). The predicted octanol–water partition coefficient (Wildman–Crippen LogP) is -0.0685. The summed E-state index contributed by atoms with van der Waals surface area (Å²) in [7, 11) is 3.26. The van der Waals surface area contributed by atoms with Crippen LogP contribution in [-0.4, -0.2) is 59.7 Å². The Hall–Kier alpha value is -4.36. The first-order valence-electron chi connectivity index (χ1n) is 9.35. The Morgan fingerprint density at radius 1 is 0.938 bits per heavy atom. The average molecular weight is 445 g/mol. The molecule has 0 aliphatic heterocycles. The van der Waals surface area contributed by atoms with Crippen molar-refractivity contribution in [1.29, 1.82) is 0 Å². The second-order valence-corrected chi connectivity index (χ2v) is 6.17. The molecule has 0 aromatic carbocycles. The van der Waals surface area contributed by atoms with E-state index < -0.39 is 23.1 Å². The summed E-state index contributed by atoms with van der Waals surface area (Å²) in [5.41, 5.74) is -0.409. The van der Waals surface area contributed by atoms with Gasteiger partial charge < -0.3 is 18.9 Å². The van der Waals surface area contributed by atoms with Gasteiger partial charge >= 0.3 is 23.5 Å². The van der Waals surface area contributed by atoms with Crippen molar-refractivity contribution in [2.24, 2.45) is 14.1 Å². The number of nitrogens with one attached hydrogen (secondary N) is 1. The van der Waals surface area contributed by atoms with Crippen LogP contribution in [0.3, 0.4) is 0 Å². The monoisotopic (exact) mass is 445 g/mol. The summed E-state index contributed by atoms with van der Waals surface area (Å²) in [5, 5.41) is 8.31. The molecule has 168 valence electrons. The summed E-state index contributed by atoms with van der Waals surface area (Å²) in [6, 6.07) is 0. The van der Waals surface area contributed by atoms with Gasteiger partial charge in [-0.05, 0) is 13.8 Å². The van der Waals surface area contributed by atoms with Crippen LogP contribution in [0.2, 0.25) is 0 Å². The Balaban J connectivity index is 0.000000181. The minimum atomic E-state index is -0.761. The first kappa shape index (κ1) is 22.3. The van der Waals surface area contributed by atoms with Crippen LogP contribution in [0.15, 0.2) is 26.4 Å². The predicted molar refractivity (Wildman–Crippen MR) is 108 cm³/mol. The lowest BCUT2D eigenvalue weighted by Gasteiger charge is -2.00. The van der Waals surface area contributed by atoms with Crippen LogP contribution in [0.5, 0.6) is 0 Å². The number of nitrogens with zero attached hydrogens (tertiary/aromatic N) is 6. The van der Waals surface area contributed by atoms with Gasteiger partial charge in [0, 0.05) is 14.1 Å². The van der Waals surface area contributed by atoms with E-state index >= 15 is 0 Å². The average Bonchev–Trinajstić information content (AvgIpc) is 3.32. The fraction of sp³-hybridized carbons (Fsp3) is 0.333. The topological polar surface area (TPSA) is 177 Å². The molecule has 0 fully saturated rings. The molecule has 0 spiro atoms. The van der Waals surface area contributed by atoms with Crippen LogP contribution in [-0.2, 0) is 23.6 Å². The molecule has 4 heterocycles. The first-order chi connectivity index (χ1) is 15.3. The summed E-state index contributed by atoms with van der Waals surface area (Å²) in [4.78, 5) is 55.9. The number of fused-ring (bicyclic) bond motifs is 2. The maximum Gasteiger partial charge on any atom is 0.394 e. The fourth-order valence-electron chi connectivity index (χ4n) is 2.58. The lowest BCUT2D eigenvalue weighted by atomic mass is 10.4. The molecule has 0 aliphatic carbocycles. The third kappa shape index (κ3) is 4.38. The van der Waals surface area contributed by atoms with E-state index in [0.29, 0.717) is 16.7 Å². The minimum Gasteiger partial charge on any atom is -0.460 e. The van der Waals surface area contributed by atoms with E-state index in [1.165, 1.54) is 21.8 Å². The smallest absolute Gasteiger partial charge is 0.394 e. The Kier molecular flexibility index (Phi) is 6.42. The SMILES string of the molecule is CCOC(=O)c1nc2c(cnn2C)c(=O)[nH]1.CCOC(=O)c1nc2c(cnn2C)c(=O)o1. The van der Waals surface area contributed by atoms with Gasteiger partial charge in [-0.25, -0.2) is 19.4 Å². The quantitative estimate of drug-likeness (QED) is 0.416. The number of hydrogen-bond donors (Lipinski definition) is 1. The van der Waals surface area contributed by atoms with E-state index in [2.05, 4.69) is 29.9 Å². The highest BCUT2D eigenvalue weighted by molar-refractivity contribution is 5.87. The molecule has 0 radical (unpaired) electrons. The molecule has 0 unspecified atom stereocenters. The molecule has 4 aromatic rings. The van der Waals surface area contributed by atoms with Crippen LogP contribution in [0.25, 0.3) is 22.1 Å². The van der Waals surface area contributed by atoms with Gasteiger partial charge in [0.1, 0.15) is 10.8 Å². The second-order valence-electron chi connectivity index (χ2n) is 6.17. The standard InChI is InChI=1S/C9H10N4O3.C9H9N3O4/c1-3-16-9(15)6-11-7-5(8(14)12-6)4-10-13(7)2;1-3-15-9(14)7-11-6-5(8(13)16-7)4-10-12(6)2/h4H,3H2,1-2H3,(H,11,12,14);4H,3H2,1-2H3. The van der Waals surface area contributed by atoms with Crippen molar-refractivity contribution in [1.82, 2.24) is 34.5 Å². The summed E-state index contributed by atoms with van der Waals surface area (Å²) in [5.74, 6) is -1.88. The van der Waals surface area contributed by atoms with E-state index in [1.54, 1.807) is 27.9 Å². The lowest BCUT2D eigenvalue weighted by molar-refractivity contribution is 0.0472. The number of esters is 2. The Labute approximate surface area is 178 Å². The highest BCUT2D eigenvalue weighted by Gasteiger charge is 2.17. The molecule has 0 bridgehead atoms. The van der Waals surface area contributed by atoms with Crippen molar-refractivity contribution in [2.45, 2.75) is 13.8 Å². The Morgan fingerprint density at radius 3 is 2.12 bits per heavy atom. The number of carbonyl (C=O) groups excluding carboxylic acids is 2. The maximum absolute atomic E-state index is 11.6. The van der Waals surface area contributed by atoms with Crippen LogP contribution in [0, 0.1) is 0 Å². The highest BCUT2D eigenvalue weighted by atomic mass is 16.5. The fourth-order valence-corrected chi connectivity index (χ4v) is 2.58. The van der Waals surface area contributed by atoms with Gasteiger partial charge in [0.25, 0.3) is 5.56 Å². The van der Waals surface area contributed by atoms with Crippen molar-refractivity contribution in [3.05, 3.63) is 44.9 Å². The lowest BCUT2D eigenvalue weighted by Crippen LogP contribution is -2.17. The van der Waals surface area contributed by atoms with Crippen LogP contribution >= 0.6 is 0 Å². The maximum atomic E-state index is 11.6. The van der Waals surface area contributed by atoms with Crippen molar-refractivity contribution in [3.8, 4) is 0 Å². The molecule has 14 nitrogen and oxygen atoms in total. The second kappa shape index (κ2) is 9.20. The van der Waals surface area contributed by atoms with E-state index in [9.17, 15) is 19.2 Å². The zero-order valence-corrected chi connectivity index (χ0v) is 17.6. The molecule has 32 heavy (non-hydrogen) atoms. The van der Waals surface area contributed by atoms with Crippen molar-refractivity contribution in [3.63, 3.8) is 0 Å². The van der Waals surface area contributed by atoms with Crippen molar-refractivity contribution < 1.29 is 23.5 Å². The zero-order valence-electron chi connectivity index (χ0n) is 17.6. The number of hydrogen-bond acceptors (Lipinski definition) is 11. The molecule has 0 amide bonds. The van der Waals surface area contributed by atoms with Gasteiger partial charge in [0.15, 0.2) is 11.3 Å². The molecule has 0 saturated carbocycles. The number of ether oxygens (including phenoxy) is 2. The number of rotatable bonds is 4. The zero-order chi connectivity index (χ0) is 23.4. The molecule has 0 saturated heterocycles. The highest BCUT2D eigenvalue weighted by Crippen LogP contribution is 2.07. The number of aryl methyl sites for hydroxylation is 2. The van der Waals surface area contributed by atoms with Gasteiger partial charge in [0.05, 0.1) is 25.6 Å². The molecule has 4 aromatic heterocycles. The summed E-state index contributed by atoms with van der Waals surface area (Å²) in [6.45, 7) is 3.75. The molecule has 0 atom stereocenters. The van der Waals surface area contributed by atoms with Gasteiger partial charge in [-0.1, -0.05) is 0 Å². The summed E-state index contributed by atoms with van der Waals surface area (Å²) < 4.78 is 17.0. The number of aromatic amines is 1. The summed E-state index contributed by atoms with van der Waals surface area (Å²) >= 11 is 0. The minimum absolute atomic E-state index is 0.108. The van der Waals surface area contributed by atoms with Gasteiger partial charge in [-0.2, -0.15) is 15.2 Å². The Bertz CT molecular complexity index is 1300. The van der Waals surface area contributed by atoms with E-state index in [4.69, 9.17) is 9.15 Å². The van der Waals surface area contributed by atoms with Crippen LogP contribution in [0.4, 0.5) is 0 Å². The molecular weight excluding hydrogens is 426 g/mol. The molecule has 1 N–H and O–H groups in total. The van der Waals surface area contributed by atoms with Gasteiger partial charge in [-0.3, -0.25) is 14.2 Å². The molecule has 0 aliphatic rings. The number of H-pyrrole nitrogens is 1. The van der Waals surface area contributed by atoms with Crippen molar-refractivity contribution >= 4 is 34.0 Å². The summed E-state index contributed by atoms with van der Waals surface area (Å²) in [6.07, 6.45) is 2.74. The normalized spacial score (nSPS) is 10.6. The van der Waals surface area contributed by atoms with Gasteiger partial charge in [-0.15, -0.1) is 0 Å². The van der Waals surface area contributed by atoms with Crippen LogP contribution < -0.4 is 11.2 Å². The Morgan fingerprint density at radius 2 is 1.50 bits per heavy atom. The van der Waals surface area contributed by atoms with E-state index in [-0.39, 0.29) is 30.3 Å². The molecular formula is C18H19N7O7. The number of carbonyl (C=O) groups is 2. The third-order valence-corrected chi connectivity index (χ3v) is 4.04.